The Morgan fingerprint density at radius 2 is 2.08 bits per heavy atom. The van der Waals surface area contributed by atoms with E-state index < -0.39 is 0 Å². The van der Waals surface area contributed by atoms with Gasteiger partial charge >= 0.3 is 0 Å². The Balaban J connectivity index is 1.65. The van der Waals surface area contributed by atoms with Crippen molar-refractivity contribution < 1.29 is 9.47 Å². The van der Waals surface area contributed by atoms with Crippen molar-refractivity contribution in [1.29, 1.82) is 0 Å². The molecule has 1 rings (SSSR count). The van der Waals surface area contributed by atoms with Crippen LogP contribution in [-0.2, 0) is 9.47 Å². The first-order chi connectivity index (χ1) is 5.93. The first kappa shape index (κ1) is 9.96. The average molecular weight is 173 g/mol. The Hall–Kier alpha value is -0.120. The lowest BCUT2D eigenvalue weighted by Gasteiger charge is -2.03. The fraction of sp³-hybridized carbons (Fsp3) is 1.00. The van der Waals surface area contributed by atoms with Crippen molar-refractivity contribution in [3.05, 3.63) is 0 Å². The molecule has 0 aliphatic heterocycles. The molecule has 1 saturated carbocycles. The lowest BCUT2D eigenvalue weighted by atomic mass is 10.4. The maximum Gasteiger partial charge on any atom is 0.0700 e. The highest BCUT2D eigenvalue weighted by molar-refractivity contribution is 4.80. The van der Waals surface area contributed by atoms with Gasteiger partial charge in [-0.3, -0.25) is 0 Å². The molecule has 0 aromatic heterocycles. The Bertz CT molecular complexity index is 105. The van der Waals surface area contributed by atoms with Gasteiger partial charge in [-0.25, -0.2) is 0 Å². The van der Waals surface area contributed by atoms with Gasteiger partial charge in [0, 0.05) is 19.8 Å². The topological polar surface area (TPSA) is 30.5 Å². The third-order valence-corrected chi connectivity index (χ3v) is 1.91. The second-order valence-electron chi connectivity index (χ2n) is 3.19. The predicted molar refractivity (Wildman–Crippen MR) is 48.3 cm³/mol. The fourth-order valence-corrected chi connectivity index (χ4v) is 1.01. The molecule has 0 aromatic rings. The second kappa shape index (κ2) is 6.40. The number of ether oxygens (including phenoxy) is 2. The van der Waals surface area contributed by atoms with Crippen molar-refractivity contribution >= 4 is 0 Å². The molecule has 0 unspecified atom stereocenters. The Labute approximate surface area is 74.4 Å². The van der Waals surface area contributed by atoms with Crippen LogP contribution < -0.4 is 5.32 Å². The molecule has 3 nitrogen and oxygen atoms in total. The van der Waals surface area contributed by atoms with E-state index in [1.165, 1.54) is 12.8 Å². The van der Waals surface area contributed by atoms with E-state index in [0.717, 1.165) is 32.2 Å². The zero-order valence-corrected chi connectivity index (χ0v) is 7.84. The molecular weight excluding hydrogens is 154 g/mol. The summed E-state index contributed by atoms with van der Waals surface area (Å²) in [6.07, 6.45) is 3.84. The highest BCUT2D eigenvalue weighted by Crippen LogP contribution is 2.18. The SMILES string of the molecule is COCCOCCCNC1CC1. The summed E-state index contributed by atoms with van der Waals surface area (Å²) in [6, 6.07) is 0.823. The monoisotopic (exact) mass is 173 g/mol. The Morgan fingerprint density at radius 3 is 2.75 bits per heavy atom. The maximum absolute atomic E-state index is 5.31. The van der Waals surface area contributed by atoms with Crippen LogP contribution in [0.15, 0.2) is 0 Å². The zero-order valence-electron chi connectivity index (χ0n) is 7.84. The standard InChI is InChI=1S/C9H19NO2/c1-11-7-8-12-6-2-5-10-9-3-4-9/h9-10H,2-8H2,1H3. The molecule has 0 radical (unpaired) electrons. The number of methoxy groups -OCH3 is 1. The molecule has 0 bridgehead atoms. The van der Waals surface area contributed by atoms with Crippen molar-refractivity contribution in [1.82, 2.24) is 5.32 Å². The van der Waals surface area contributed by atoms with Crippen molar-refractivity contribution in [3.63, 3.8) is 0 Å². The van der Waals surface area contributed by atoms with Gasteiger partial charge in [0.25, 0.3) is 0 Å². The predicted octanol–water partition coefficient (Wildman–Crippen LogP) is 0.791. The summed E-state index contributed by atoms with van der Waals surface area (Å²) in [5.41, 5.74) is 0. The number of rotatable bonds is 8. The summed E-state index contributed by atoms with van der Waals surface area (Å²) in [4.78, 5) is 0. The van der Waals surface area contributed by atoms with Crippen LogP contribution in [0.4, 0.5) is 0 Å². The van der Waals surface area contributed by atoms with Crippen LogP contribution in [0.2, 0.25) is 0 Å². The number of hydrogen-bond donors (Lipinski definition) is 1. The smallest absolute Gasteiger partial charge is 0.0700 e. The molecule has 0 saturated heterocycles. The van der Waals surface area contributed by atoms with Crippen molar-refractivity contribution in [2.75, 3.05) is 33.5 Å². The van der Waals surface area contributed by atoms with E-state index in [1.807, 2.05) is 0 Å². The molecule has 1 N–H and O–H groups in total. The molecule has 3 heteroatoms. The Morgan fingerprint density at radius 1 is 1.25 bits per heavy atom. The molecule has 0 heterocycles. The van der Waals surface area contributed by atoms with Gasteiger partial charge in [-0.15, -0.1) is 0 Å². The molecule has 0 amide bonds. The highest BCUT2D eigenvalue weighted by atomic mass is 16.5. The van der Waals surface area contributed by atoms with Crippen LogP contribution in [0.5, 0.6) is 0 Å². The van der Waals surface area contributed by atoms with Gasteiger partial charge in [0.2, 0.25) is 0 Å². The average Bonchev–Trinajstić information content (AvgIpc) is 2.87. The van der Waals surface area contributed by atoms with Crippen LogP contribution in [0.25, 0.3) is 0 Å². The minimum Gasteiger partial charge on any atom is -0.382 e. The zero-order chi connectivity index (χ0) is 8.65. The highest BCUT2D eigenvalue weighted by Gasteiger charge is 2.19. The van der Waals surface area contributed by atoms with E-state index in [2.05, 4.69) is 5.32 Å². The van der Waals surface area contributed by atoms with Gasteiger partial charge in [0.15, 0.2) is 0 Å². The van der Waals surface area contributed by atoms with Crippen LogP contribution in [0.3, 0.4) is 0 Å². The van der Waals surface area contributed by atoms with E-state index >= 15 is 0 Å². The van der Waals surface area contributed by atoms with Gasteiger partial charge in [-0.2, -0.15) is 0 Å². The van der Waals surface area contributed by atoms with Crippen LogP contribution in [0.1, 0.15) is 19.3 Å². The molecule has 1 aliphatic rings. The maximum atomic E-state index is 5.31. The van der Waals surface area contributed by atoms with Crippen LogP contribution in [0, 0.1) is 0 Å². The van der Waals surface area contributed by atoms with E-state index in [1.54, 1.807) is 7.11 Å². The number of hydrogen-bond acceptors (Lipinski definition) is 3. The lowest BCUT2D eigenvalue weighted by Crippen LogP contribution is -2.19. The third-order valence-electron chi connectivity index (χ3n) is 1.91. The van der Waals surface area contributed by atoms with E-state index in [9.17, 15) is 0 Å². The molecule has 0 atom stereocenters. The molecule has 0 spiro atoms. The summed E-state index contributed by atoms with van der Waals surface area (Å²) < 4.78 is 10.2. The first-order valence-corrected chi connectivity index (χ1v) is 4.73. The second-order valence-corrected chi connectivity index (χ2v) is 3.19. The van der Waals surface area contributed by atoms with Crippen molar-refractivity contribution in [2.45, 2.75) is 25.3 Å². The Kier molecular flexibility index (Phi) is 5.32. The lowest BCUT2D eigenvalue weighted by molar-refractivity contribution is 0.0695. The fourth-order valence-electron chi connectivity index (χ4n) is 1.01. The molecule has 0 aromatic carbocycles. The molecule has 12 heavy (non-hydrogen) atoms. The first-order valence-electron chi connectivity index (χ1n) is 4.73. The molecule has 1 aliphatic carbocycles. The summed E-state index contributed by atoms with van der Waals surface area (Å²) in [5, 5.41) is 3.44. The quantitative estimate of drug-likeness (QED) is 0.550. The normalized spacial score (nSPS) is 16.8. The van der Waals surface area contributed by atoms with E-state index in [-0.39, 0.29) is 0 Å². The van der Waals surface area contributed by atoms with Gasteiger partial charge < -0.3 is 14.8 Å². The largest absolute Gasteiger partial charge is 0.382 e. The van der Waals surface area contributed by atoms with Crippen LogP contribution in [-0.4, -0.2) is 39.5 Å². The molecule has 72 valence electrons. The van der Waals surface area contributed by atoms with Gasteiger partial charge in [-0.1, -0.05) is 0 Å². The van der Waals surface area contributed by atoms with E-state index in [4.69, 9.17) is 9.47 Å². The third kappa shape index (κ3) is 5.52. The summed E-state index contributed by atoms with van der Waals surface area (Å²) in [6.45, 7) is 3.37. The summed E-state index contributed by atoms with van der Waals surface area (Å²) in [5.74, 6) is 0. The molecule has 1 fully saturated rings. The van der Waals surface area contributed by atoms with E-state index in [0.29, 0.717) is 6.61 Å². The summed E-state index contributed by atoms with van der Waals surface area (Å²) in [7, 11) is 1.69. The molecular formula is C9H19NO2. The van der Waals surface area contributed by atoms with Gasteiger partial charge in [-0.05, 0) is 25.8 Å². The van der Waals surface area contributed by atoms with Gasteiger partial charge in [0.05, 0.1) is 13.2 Å². The summed E-state index contributed by atoms with van der Waals surface area (Å²) >= 11 is 0. The minimum absolute atomic E-state index is 0.704. The van der Waals surface area contributed by atoms with Crippen molar-refractivity contribution in [2.24, 2.45) is 0 Å². The van der Waals surface area contributed by atoms with Gasteiger partial charge in [0.1, 0.15) is 0 Å². The van der Waals surface area contributed by atoms with Crippen molar-refractivity contribution in [3.8, 4) is 0 Å². The van der Waals surface area contributed by atoms with Crippen LogP contribution >= 0.6 is 0 Å². The minimum atomic E-state index is 0.704. The number of nitrogens with one attached hydrogen (secondary N) is 1.